The monoisotopic (exact) mass is 506 g/mol. The van der Waals surface area contributed by atoms with E-state index in [4.69, 9.17) is 4.74 Å². The van der Waals surface area contributed by atoms with E-state index in [9.17, 15) is 19.8 Å². The van der Waals surface area contributed by atoms with Crippen molar-refractivity contribution in [1.82, 2.24) is 4.98 Å². The van der Waals surface area contributed by atoms with E-state index in [1.807, 2.05) is 44.2 Å². The van der Waals surface area contributed by atoms with Crippen molar-refractivity contribution in [3.05, 3.63) is 125 Å². The predicted octanol–water partition coefficient (Wildman–Crippen LogP) is 5.61. The number of phenols is 1. The maximum absolute atomic E-state index is 13.4. The number of amides is 1. The Bertz CT molecular complexity index is 1550. The molecule has 0 radical (unpaired) electrons. The van der Waals surface area contributed by atoms with Gasteiger partial charge in [-0.25, -0.2) is 0 Å². The van der Waals surface area contributed by atoms with E-state index < -0.39 is 17.7 Å². The molecule has 0 spiro atoms. The molecule has 38 heavy (non-hydrogen) atoms. The van der Waals surface area contributed by atoms with Crippen LogP contribution in [-0.2, 0) is 16.2 Å². The molecule has 1 aliphatic rings. The molecule has 190 valence electrons. The number of aliphatic hydroxyl groups excluding tert-OH is 1. The van der Waals surface area contributed by atoms with E-state index in [-0.39, 0.29) is 22.8 Å². The van der Waals surface area contributed by atoms with Gasteiger partial charge in [-0.15, -0.1) is 0 Å². The summed E-state index contributed by atoms with van der Waals surface area (Å²) in [4.78, 5) is 32.2. The minimum atomic E-state index is -1.03. The molecule has 2 heterocycles. The zero-order valence-corrected chi connectivity index (χ0v) is 21.0. The summed E-state index contributed by atoms with van der Waals surface area (Å²) in [5.74, 6) is -1.57. The number of anilines is 1. The number of carbonyl (C=O) groups is 2. The van der Waals surface area contributed by atoms with Crippen LogP contribution in [0.15, 0.2) is 96.7 Å². The molecular weight excluding hydrogens is 480 g/mol. The molecular formula is C31H26N2O5. The Hall–Kier alpha value is -4.91. The second-order valence-electron chi connectivity index (χ2n) is 9.17. The summed E-state index contributed by atoms with van der Waals surface area (Å²) in [5.41, 5.74) is 3.38. The number of ether oxygens (including phenoxy) is 1. The van der Waals surface area contributed by atoms with Crippen LogP contribution in [0, 0.1) is 13.8 Å². The molecule has 2 N–H and O–H groups in total. The first-order valence-corrected chi connectivity index (χ1v) is 12.1. The first kappa shape index (κ1) is 24.8. The van der Waals surface area contributed by atoms with E-state index >= 15 is 0 Å². The fourth-order valence-electron chi connectivity index (χ4n) is 4.57. The number of nitrogens with zero attached hydrogens (tertiary/aromatic N) is 2. The molecule has 0 bridgehead atoms. The quantitative estimate of drug-likeness (QED) is 0.200. The van der Waals surface area contributed by atoms with Crippen molar-refractivity contribution in [3.8, 4) is 11.5 Å². The van der Waals surface area contributed by atoms with Crippen molar-refractivity contribution in [2.24, 2.45) is 0 Å². The number of rotatable bonds is 6. The molecule has 7 nitrogen and oxygen atoms in total. The maximum atomic E-state index is 13.4. The topological polar surface area (TPSA) is 100.0 Å². The molecule has 1 unspecified atom stereocenters. The second-order valence-corrected chi connectivity index (χ2v) is 9.17. The normalized spacial score (nSPS) is 16.6. The highest BCUT2D eigenvalue weighted by atomic mass is 16.5. The molecule has 1 fully saturated rings. The number of aryl methyl sites for hydroxylation is 2. The number of aromatic nitrogens is 1. The molecule has 1 aliphatic heterocycles. The molecule has 3 aromatic carbocycles. The van der Waals surface area contributed by atoms with E-state index in [0.29, 0.717) is 23.6 Å². The number of ketones is 1. The molecule has 1 atom stereocenters. The molecule has 7 heteroatoms. The van der Waals surface area contributed by atoms with E-state index in [0.717, 1.165) is 16.7 Å². The molecule has 5 rings (SSSR count). The number of pyridine rings is 1. The Kier molecular flexibility index (Phi) is 6.66. The average molecular weight is 507 g/mol. The number of aliphatic hydroxyl groups is 1. The molecule has 1 saturated heterocycles. The highest BCUT2D eigenvalue weighted by molar-refractivity contribution is 6.51. The van der Waals surface area contributed by atoms with Crippen LogP contribution in [0.25, 0.3) is 5.76 Å². The lowest BCUT2D eigenvalue weighted by atomic mass is 9.97. The summed E-state index contributed by atoms with van der Waals surface area (Å²) in [6.07, 6.45) is 1.55. The zero-order chi connectivity index (χ0) is 26.8. The number of aromatic hydroxyl groups is 1. The third-order valence-corrected chi connectivity index (χ3v) is 6.49. The SMILES string of the molecule is Cc1ccc(O)c(N2C(=O)C(=O)/C(=C(\O)c3ccc(OCc4ccccc4)c(C)c3)C2c2ccccn2)c1. The minimum Gasteiger partial charge on any atom is -0.507 e. The van der Waals surface area contributed by atoms with Crippen LogP contribution in [0.4, 0.5) is 5.69 Å². The summed E-state index contributed by atoms with van der Waals surface area (Å²) in [6.45, 7) is 4.05. The van der Waals surface area contributed by atoms with E-state index in [1.54, 1.807) is 54.7 Å². The van der Waals surface area contributed by atoms with Gasteiger partial charge in [0.15, 0.2) is 0 Å². The standard InChI is InChI=1S/C31H26N2O5/c1-19-11-13-25(34)24(16-19)33-28(23-10-6-7-15-32-23)27(30(36)31(33)37)29(35)22-12-14-26(20(2)17-22)38-18-21-8-4-3-5-9-21/h3-17,28,34-35H,18H2,1-2H3/b29-27-. The summed E-state index contributed by atoms with van der Waals surface area (Å²) >= 11 is 0. The van der Waals surface area contributed by atoms with Gasteiger partial charge in [0.25, 0.3) is 11.7 Å². The highest BCUT2D eigenvalue weighted by Gasteiger charge is 2.48. The largest absolute Gasteiger partial charge is 0.507 e. The van der Waals surface area contributed by atoms with Crippen molar-refractivity contribution in [3.63, 3.8) is 0 Å². The number of hydrogen-bond acceptors (Lipinski definition) is 6. The molecule has 4 aromatic rings. The Morgan fingerprint density at radius 1 is 0.947 bits per heavy atom. The smallest absolute Gasteiger partial charge is 0.300 e. The summed E-state index contributed by atoms with van der Waals surface area (Å²) in [5, 5.41) is 22.0. The summed E-state index contributed by atoms with van der Waals surface area (Å²) < 4.78 is 5.95. The van der Waals surface area contributed by atoms with E-state index in [2.05, 4.69) is 4.98 Å². The third kappa shape index (κ3) is 4.62. The Morgan fingerprint density at radius 2 is 1.71 bits per heavy atom. The van der Waals surface area contributed by atoms with Crippen molar-refractivity contribution in [2.45, 2.75) is 26.5 Å². The van der Waals surface area contributed by atoms with Gasteiger partial charge in [0, 0.05) is 11.8 Å². The van der Waals surface area contributed by atoms with Gasteiger partial charge in [0.2, 0.25) is 0 Å². The first-order chi connectivity index (χ1) is 18.3. The molecule has 1 aromatic heterocycles. The van der Waals surface area contributed by atoms with Gasteiger partial charge in [-0.3, -0.25) is 19.5 Å². The first-order valence-electron chi connectivity index (χ1n) is 12.1. The number of phenolic OH excluding ortho intramolecular Hbond substituents is 1. The van der Waals surface area contributed by atoms with Crippen molar-refractivity contribution < 1.29 is 24.5 Å². The average Bonchev–Trinajstić information content (AvgIpc) is 3.20. The summed E-state index contributed by atoms with van der Waals surface area (Å²) in [7, 11) is 0. The Balaban J connectivity index is 1.57. The van der Waals surface area contributed by atoms with Crippen LogP contribution in [0.2, 0.25) is 0 Å². The van der Waals surface area contributed by atoms with Crippen LogP contribution in [-0.4, -0.2) is 26.9 Å². The van der Waals surface area contributed by atoms with Crippen LogP contribution in [0.3, 0.4) is 0 Å². The minimum absolute atomic E-state index is 0.105. The van der Waals surface area contributed by atoms with Crippen LogP contribution >= 0.6 is 0 Å². The van der Waals surface area contributed by atoms with Crippen LogP contribution in [0.1, 0.15) is 34.0 Å². The van der Waals surface area contributed by atoms with Gasteiger partial charge >= 0.3 is 0 Å². The Labute approximate surface area is 220 Å². The lowest BCUT2D eigenvalue weighted by molar-refractivity contribution is -0.132. The zero-order valence-electron chi connectivity index (χ0n) is 21.0. The van der Waals surface area contributed by atoms with Crippen molar-refractivity contribution >= 4 is 23.1 Å². The number of carbonyl (C=O) groups excluding carboxylic acids is 2. The maximum Gasteiger partial charge on any atom is 0.300 e. The van der Waals surface area contributed by atoms with Crippen LogP contribution < -0.4 is 9.64 Å². The molecule has 0 aliphatic carbocycles. The van der Waals surface area contributed by atoms with Gasteiger partial charge in [-0.05, 0) is 73.0 Å². The number of hydrogen-bond donors (Lipinski definition) is 2. The fraction of sp³-hybridized carbons (Fsp3) is 0.129. The van der Waals surface area contributed by atoms with E-state index in [1.165, 1.54) is 11.0 Å². The van der Waals surface area contributed by atoms with Gasteiger partial charge in [0.05, 0.1) is 17.0 Å². The van der Waals surface area contributed by atoms with Gasteiger partial charge in [-0.1, -0.05) is 42.5 Å². The molecule has 1 amide bonds. The fourth-order valence-corrected chi connectivity index (χ4v) is 4.57. The molecule has 0 saturated carbocycles. The lowest BCUT2D eigenvalue weighted by Crippen LogP contribution is -2.30. The third-order valence-electron chi connectivity index (χ3n) is 6.49. The predicted molar refractivity (Wildman–Crippen MR) is 144 cm³/mol. The van der Waals surface area contributed by atoms with Crippen molar-refractivity contribution in [1.29, 1.82) is 0 Å². The number of benzene rings is 3. The van der Waals surface area contributed by atoms with Gasteiger partial charge < -0.3 is 14.9 Å². The second kappa shape index (κ2) is 10.2. The van der Waals surface area contributed by atoms with Gasteiger partial charge in [0.1, 0.15) is 29.9 Å². The van der Waals surface area contributed by atoms with Crippen molar-refractivity contribution in [2.75, 3.05) is 4.90 Å². The highest BCUT2D eigenvalue weighted by Crippen LogP contribution is 2.44. The lowest BCUT2D eigenvalue weighted by Gasteiger charge is -2.25. The number of Topliss-reactive ketones (excluding diaryl/α,β-unsaturated/α-hetero) is 1. The van der Waals surface area contributed by atoms with Crippen LogP contribution in [0.5, 0.6) is 11.5 Å². The summed E-state index contributed by atoms with van der Waals surface area (Å²) in [6, 6.07) is 23.8. The Morgan fingerprint density at radius 3 is 2.42 bits per heavy atom. The van der Waals surface area contributed by atoms with Gasteiger partial charge in [-0.2, -0.15) is 0 Å².